The number of amides is 1. The molecule has 1 N–H and O–H groups in total. The van der Waals surface area contributed by atoms with E-state index in [2.05, 4.69) is 16.4 Å². The van der Waals surface area contributed by atoms with Crippen LogP contribution in [0.25, 0.3) is 22.3 Å². The summed E-state index contributed by atoms with van der Waals surface area (Å²) in [4.78, 5) is 29.6. The number of anilines is 1. The number of carbonyl (C=O) groups excluding carboxylic acids is 2. The van der Waals surface area contributed by atoms with Gasteiger partial charge in [0.15, 0.2) is 5.82 Å². The Morgan fingerprint density at radius 1 is 1.05 bits per heavy atom. The third kappa shape index (κ3) is 6.15. The molecule has 1 aromatic heterocycles. The molecule has 0 fully saturated rings. The van der Waals surface area contributed by atoms with Crippen LogP contribution < -0.4 is 5.32 Å². The number of fused-ring (bicyclic) bond motifs is 4. The van der Waals surface area contributed by atoms with Crippen LogP contribution in [-0.2, 0) is 20.7 Å². The van der Waals surface area contributed by atoms with Gasteiger partial charge in [-0.05, 0) is 53.8 Å². The molecular weight excluding hydrogens is 546 g/mol. The lowest BCUT2D eigenvalue weighted by atomic mass is 9.86. The molecule has 41 heavy (non-hydrogen) atoms. The zero-order chi connectivity index (χ0) is 29.1. The molecule has 0 aliphatic carbocycles. The molecule has 5 rings (SSSR count). The van der Waals surface area contributed by atoms with Crippen LogP contribution in [-0.4, -0.2) is 24.0 Å². The van der Waals surface area contributed by atoms with Gasteiger partial charge < -0.3 is 10.1 Å². The van der Waals surface area contributed by atoms with Crippen molar-refractivity contribution in [3.8, 4) is 22.3 Å². The smallest absolute Gasteiger partial charge is 0.309 e. The van der Waals surface area contributed by atoms with E-state index in [-0.39, 0.29) is 40.7 Å². The van der Waals surface area contributed by atoms with E-state index in [1.165, 1.54) is 19.4 Å². The second kappa shape index (κ2) is 12.2. The highest BCUT2D eigenvalue weighted by atomic mass is 35.5. The SMILES string of the molecule is COC(=O)Cc1ccc2c(c1)NC(=O)C(C)CCCC(c1ccc(-c3c(F)ccc(Cl)c3F)cn1)c1cccc-2c1. The van der Waals surface area contributed by atoms with Crippen molar-refractivity contribution in [3.63, 3.8) is 0 Å². The Balaban J connectivity index is 1.55. The van der Waals surface area contributed by atoms with E-state index < -0.39 is 11.6 Å². The van der Waals surface area contributed by atoms with E-state index in [0.717, 1.165) is 46.9 Å². The molecular formula is C33H29ClF2N2O3. The number of rotatable bonds is 4. The molecule has 4 aromatic rings. The van der Waals surface area contributed by atoms with Gasteiger partial charge in [-0.15, -0.1) is 0 Å². The molecule has 1 aliphatic heterocycles. The highest BCUT2D eigenvalue weighted by Crippen LogP contribution is 2.37. The summed E-state index contributed by atoms with van der Waals surface area (Å²) in [6.07, 6.45) is 3.73. The number of carbonyl (C=O) groups is 2. The van der Waals surface area contributed by atoms with Gasteiger partial charge in [-0.3, -0.25) is 14.6 Å². The quantitative estimate of drug-likeness (QED) is 0.198. The van der Waals surface area contributed by atoms with Crippen molar-refractivity contribution < 1.29 is 23.1 Å². The monoisotopic (exact) mass is 574 g/mol. The first kappa shape index (κ1) is 28.4. The van der Waals surface area contributed by atoms with Crippen LogP contribution in [0.5, 0.6) is 0 Å². The lowest BCUT2D eigenvalue weighted by Crippen LogP contribution is -2.21. The van der Waals surface area contributed by atoms with Crippen molar-refractivity contribution in [2.75, 3.05) is 12.4 Å². The number of nitrogens with one attached hydrogen (secondary N) is 1. The van der Waals surface area contributed by atoms with Crippen LogP contribution in [0.1, 0.15) is 48.9 Å². The van der Waals surface area contributed by atoms with Gasteiger partial charge in [-0.2, -0.15) is 0 Å². The molecule has 1 amide bonds. The Morgan fingerprint density at radius 3 is 2.63 bits per heavy atom. The Labute approximate surface area is 242 Å². The van der Waals surface area contributed by atoms with Crippen LogP contribution in [0.4, 0.5) is 14.5 Å². The molecule has 2 bridgehead atoms. The summed E-state index contributed by atoms with van der Waals surface area (Å²) in [6.45, 7) is 1.90. The topological polar surface area (TPSA) is 68.3 Å². The number of esters is 1. The number of ether oxygens (including phenoxy) is 1. The minimum absolute atomic E-state index is 0.0946. The van der Waals surface area contributed by atoms with E-state index in [0.29, 0.717) is 17.7 Å². The largest absolute Gasteiger partial charge is 0.469 e. The lowest BCUT2D eigenvalue weighted by Gasteiger charge is -2.22. The summed E-state index contributed by atoms with van der Waals surface area (Å²) < 4.78 is 33.9. The Bertz CT molecular complexity index is 1610. The minimum atomic E-state index is -0.819. The summed E-state index contributed by atoms with van der Waals surface area (Å²) >= 11 is 5.90. The van der Waals surface area contributed by atoms with E-state index in [1.807, 2.05) is 43.3 Å². The first-order chi connectivity index (χ1) is 19.7. The maximum atomic E-state index is 14.6. The number of aromatic nitrogens is 1. The second-order valence-electron chi connectivity index (χ2n) is 10.3. The fourth-order valence-electron chi connectivity index (χ4n) is 5.27. The molecule has 210 valence electrons. The molecule has 3 aromatic carbocycles. The van der Waals surface area contributed by atoms with Gasteiger partial charge in [-0.25, -0.2) is 8.78 Å². The van der Waals surface area contributed by atoms with Gasteiger partial charge in [0.1, 0.15) is 5.82 Å². The van der Waals surface area contributed by atoms with E-state index in [1.54, 1.807) is 12.1 Å². The molecule has 8 heteroatoms. The molecule has 0 radical (unpaired) electrons. The lowest BCUT2D eigenvalue weighted by molar-refractivity contribution is -0.139. The molecule has 2 atom stereocenters. The minimum Gasteiger partial charge on any atom is -0.469 e. The average molecular weight is 575 g/mol. The molecule has 5 nitrogen and oxygen atoms in total. The summed E-state index contributed by atoms with van der Waals surface area (Å²) in [5.41, 5.74) is 4.99. The van der Waals surface area contributed by atoms with Crippen LogP contribution in [0, 0.1) is 17.6 Å². The number of pyridine rings is 1. The molecule has 0 spiro atoms. The van der Waals surface area contributed by atoms with Crippen molar-refractivity contribution in [2.45, 2.75) is 38.5 Å². The Hall–Kier alpha value is -4.10. The van der Waals surface area contributed by atoms with Crippen LogP contribution in [0.15, 0.2) is 72.9 Å². The van der Waals surface area contributed by atoms with Crippen molar-refractivity contribution in [2.24, 2.45) is 5.92 Å². The normalized spacial score (nSPS) is 17.0. The van der Waals surface area contributed by atoms with Crippen molar-refractivity contribution >= 4 is 29.2 Å². The molecule has 1 aliphatic rings. The molecule has 2 unspecified atom stereocenters. The number of halogens is 3. The summed E-state index contributed by atoms with van der Waals surface area (Å²) in [5.74, 6) is -2.32. The second-order valence-corrected chi connectivity index (χ2v) is 10.7. The summed E-state index contributed by atoms with van der Waals surface area (Å²) in [7, 11) is 1.34. The third-order valence-electron chi connectivity index (χ3n) is 7.57. The van der Waals surface area contributed by atoms with Crippen LogP contribution in [0.3, 0.4) is 0 Å². The highest BCUT2D eigenvalue weighted by molar-refractivity contribution is 6.31. The predicted molar refractivity (Wildman–Crippen MR) is 156 cm³/mol. The van der Waals surface area contributed by atoms with Gasteiger partial charge in [0.05, 0.1) is 24.1 Å². The Morgan fingerprint density at radius 2 is 1.88 bits per heavy atom. The van der Waals surface area contributed by atoms with Crippen molar-refractivity contribution in [1.82, 2.24) is 4.98 Å². The Kier molecular flexibility index (Phi) is 8.45. The maximum absolute atomic E-state index is 14.6. The first-order valence-electron chi connectivity index (χ1n) is 13.5. The average Bonchev–Trinajstić information content (AvgIpc) is 2.97. The summed E-state index contributed by atoms with van der Waals surface area (Å²) in [6, 6.07) is 19.4. The fraction of sp³-hybridized carbons (Fsp3) is 0.242. The summed E-state index contributed by atoms with van der Waals surface area (Å²) in [5, 5.41) is 2.92. The van der Waals surface area contributed by atoms with E-state index in [4.69, 9.17) is 16.3 Å². The van der Waals surface area contributed by atoms with Crippen LogP contribution in [0.2, 0.25) is 5.02 Å². The highest BCUT2D eigenvalue weighted by Gasteiger charge is 2.23. The number of benzene rings is 3. The molecule has 0 saturated heterocycles. The van der Waals surface area contributed by atoms with Gasteiger partial charge in [0.25, 0.3) is 0 Å². The zero-order valence-corrected chi connectivity index (χ0v) is 23.5. The van der Waals surface area contributed by atoms with Crippen molar-refractivity contribution in [3.05, 3.63) is 106 Å². The first-order valence-corrected chi connectivity index (χ1v) is 13.8. The number of nitrogens with zero attached hydrogens (tertiary/aromatic N) is 1. The number of hydrogen-bond acceptors (Lipinski definition) is 4. The van der Waals surface area contributed by atoms with Gasteiger partial charge >= 0.3 is 5.97 Å². The van der Waals surface area contributed by atoms with Gasteiger partial charge in [-0.1, -0.05) is 67.4 Å². The predicted octanol–water partition coefficient (Wildman–Crippen LogP) is 7.95. The van der Waals surface area contributed by atoms with E-state index in [9.17, 15) is 18.4 Å². The van der Waals surface area contributed by atoms with Crippen molar-refractivity contribution in [1.29, 1.82) is 0 Å². The number of methoxy groups -OCH3 is 1. The number of hydrogen-bond donors (Lipinski definition) is 1. The van der Waals surface area contributed by atoms with Crippen LogP contribution >= 0.6 is 11.6 Å². The standard InChI is InChI=1S/C33H29ClF2N2O3/c1-19-5-3-8-24(28-14-10-23(18-37-28)31-27(35)13-12-26(34)32(31)36)21-6-4-7-22(17-21)25-11-9-20(16-30(39)41-2)15-29(25)38-33(19)40/h4,6-7,9-15,17-19,24H,3,5,8,16H2,1-2H3,(H,38,40). The van der Waals surface area contributed by atoms with E-state index >= 15 is 0 Å². The molecule has 0 saturated carbocycles. The van der Waals surface area contributed by atoms with Gasteiger partial charge in [0, 0.05) is 40.5 Å². The maximum Gasteiger partial charge on any atom is 0.309 e. The van der Waals surface area contributed by atoms with Gasteiger partial charge in [0.2, 0.25) is 5.91 Å². The zero-order valence-electron chi connectivity index (χ0n) is 22.7. The molecule has 2 heterocycles. The third-order valence-corrected chi connectivity index (χ3v) is 7.86. The fourth-order valence-corrected chi connectivity index (χ4v) is 5.43.